The van der Waals surface area contributed by atoms with Crippen molar-refractivity contribution in [2.24, 2.45) is 17.2 Å². The van der Waals surface area contributed by atoms with Crippen molar-refractivity contribution in [2.45, 2.75) is 26.3 Å². The number of hydrogen-bond donors (Lipinski definition) is 2. The minimum absolute atomic E-state index is 0.175. The molecule has 1 saturated carbocycles. The van der Waals surface area contributed by atoms with Crippen LogP contribution in [-0.4, -0.2) is 0 Å². The maximum absolute atomic E-state index is 6.17. The quantitative estimate of drug-likeness (QED) is 0.612. The molecule has 1 fully saturated rings. The highest BCUT2D eigenvalue weighted by Gasteiger charge is 2.50. The second-order valence-corrected chi connectivity index (χ2v) is 5.37. The molecule has 0 saturated heterocycles. The Labute approximate surface area is 95.8 Å². The van der Waals surface area contributed by atoms with Crippen LogP contribution in [0.1, 0.15) is 31.9 Å². The van der Waals surface area contributed by atoms with Gasteiger partial charge in [-0.25, -0.2) is 0 Å². The van der Waals surface area contributed by atoms with Crippen LogP contribution < -0.4 is 11.3 Å². The fraction of sp³-hybridized carbons (Fsp3) is 0.500. The normalized spacial score (nSPS) is 24.9. The molecule has 2 atom stereocenters. The molecule has 0 aliphatic heterocycles. The number of nitrogens with one attached hydrogen (secondary N) is 1. The highest BCUT2D eigenvalue weighted by Crippen LogP contribution is 2.58. The minimum atomic E-state index is 0.175. The van der Waals surface area contributed by atoms with Crippen LogP contribution in [0.4, 0.5) is 0 Å². The minimum Gasteiger partial charge on any atom is -0.271 e. The lowest BCUT2D eigenvalue weighted by Crippen LogP contribution is -2.30. The molecule has 2 rings (SSSR count). The van der Waals surface area contributed by atoms with Crippen LogP contribution in [0, 0.1) is 11.3 Å². The molecule has 0 spiro atoms. The smallest absolute Gasteiger partial charge is 0.0508 e. The molecule has 0 heterocycles. The Balaban J connectivity index is 2.25. The van der Waals surface area contributed by atoms with Crippen LogP contribution in [0.5, 0.6) is 0 Å². The van der Waals surface area contributed by atoms with E-state index in [1.165, 1.54) is 6.42 Å². The van der Waals surface area contributed by atoms with Crippen LogP contribution >= 0.6 is 11.6 Å². The van der Waals surface area contributed by atoms with Crippen molar-refractivity contribution in [3.8, 4) is 0 Å². The predicted octanol–water partition coefficient (Wildman–Crippen LogP) is 2.89. The van der Waals surface area contributed by atoms with Gasteiger partial charge in [-0.15, -0.1) is 0 Å². The van der Waals surface area contributed by atoms with E-state index in [0.29, 0.717) is 11.3 Å². The summed E-state index contributed by atoms with van der Waals surface area (Å²) in [5.41, 5.74) is 4.39. The Morgan fingerprint density at radius 3 is 2.53 bits per heavy atom. The fourth-order valence-corrected chi connectivity index (χ4v) is 2.48. The molecular formula is C12H17ClN2. The van der Waals surface area contributed by atoms with Crippen molar-refractivity contribution in [2.75, 3.05) is 0 Å². The van der Waals surface area contributed by atoms with Gasteiger partial charge in [0, 0.05) is 5.02 Å². The van der Waals surface area contributed by atoms with Gasteiger partial charge in [-0.3, -0.25) is 11.3 Å². The zero-order valence-electron chi connectivity index (χ0n) is 9.13. The molecule has 1 aromatic carbocycles. The third-order valence-electron chi connectivity index (χ3n) is 3.41. The summed E-state index contributed by atoms with van der Waals surface area (Å²) < 4.78 is 0. The lowest BCUT2D eigenvalue weighted by atomic mass is 9.97. The summed E-state index contributed by atoms with van der Waals surface area (Å²) >= 11 is 6.17. The lowest BCUT2D eigenvalue weighted by molar-refractivity contribution is 0.423. The van der Waals surface area contributed by atoms with Crippen molar-refractivity contribution < 1.29 is 0 Å². The SMILES string of the molecule is CC1(C)CC1C(NN)c1ccccc1Cl. The average Bonchev–Trinajstić information content (AvgIpc) is 2.80. The molecule has 82 valence electrons. The van der Waals surface area contributed by atoms with Crippen molar-refractivity contribution in [1.82, 2.24) is 5.43 Å². The van der Waals surface area contributed by atoms with E-state index in [0.717, 1.165) is 10.6 Å². The van der Waals surface area contributed by atoms with E-state index >= 15 is 0 Å². The number of hydrogen-bond acceptors (Lipinski definition) is 2. The Morgan fingerprint density at radius 2 is 2.07 bits per heavy atom. The summed E-state index contributed by atoms with van der Waals surface area (Å²) in [7, 11) is 0. The summed E-state index contributed by atoms with van der Waals surface area (Å²) in [5, 5.41) is 0.795. The Bertz CT molecular complexity index is 362. The van der Waals surface area contributed by atoms with E-state index in [1.807, 2.05) is 24.3 Å². The number of hydrazine groups is 1. The lowest BCUT2D eigenvalue weighted by Gasteiger charge is -2.19. The molecule has 15 heavy (non-hydrogen) atoms. The van der Waals surface area contributed by atoms with Crippen LogP contribution in [0.2, 0.25) is 5.02 Å². The van der Waals surface area contributed by atoms with E-state index in [9.17, 15) is 0 Å². The molecule has 2 nitrogen and oxygen atoms in total. The maximum atomic E-state index is 6.17. The second kappa shape index (κ2) is 3.78. The third-order valence-corrected chi connectivity index (χ3v) is 3.76. The third kappa shape index (κ3) is 2.03. The number of benzene rings is 1. The van der Waals surface area contributed by atoms with Crippen LogP contribution in [0.3, 0.4) is 0 Å². The van der Waals surface area contributed by atoms with Crippen LogP contribution in [0.15, 0.2) is 24.3 Å². The molecule has 0 bridgehead atoms. The van der Waals surface area contributed by atoms with Crippen molar-refractivity contribution in [3.63, 3.8) is 0 Å². The van der Waals surface area contributed by atoms with Crippen LogP contribution in [0.25, 0.3) is 0 Å². The highest BCUT2D eigenvalue weighted by atomic mass is 35.5. The van der Waals surface area contributed by atoms with Crippen molar-refractivity contribution in [1.29, 1.82) is 0 Å². The second-order valence-electron chi connectivity index (χ2n) is 4.97. The van der Waals surface area contributed by atoms with Gasteiger partial charge in [0.1, 0.15) is 0 Å². The first-order valence-electron chi connectivity index (χ1n) is 5.27. The summed E-state index contributed by atoms with van der Waals surface area (Å²) in [5.74, 6) is 6.21. The molecule has 0 amide bonds. The topological polar surface area (TPSA) is 38.0 Å². The van der Waals surface area contributed by atoms with Gasteiger partial charge in [0.2, 0.25) is 0 Å². The number of rotatable bonds is 3. The first-order chi connectivity index (χ1) is 7.06. The summed E-state index contributed by atoms with van der Waals surface area (Å²) in [6.45, 7) is 4.53. The number of nitrogens with two attached hydrogens (primary N) is 1. The molecule has 3 N–H and O–H groups in total. The molecule has 2 unspecified atom stereocenters. The zero-order valence-corrected chi connectivity index (χ0v) is 9.88. The molecule has 1 aliphatic carbocycles. The Kier molecular flexibility index (Phi) is 2.75. The standard InChI is InChI=1S/C12H17ClN2/c1-12(2)7-9(12)11(15-14)8-5-3-4-6-10(8)13/h3-6,9,11,15H,7,14H2,1-2H3. The Hall–Kier alpha value is -0.570. The largest absolute Gasteiger partial charge is 0.271 e. The molecular weight excluding hydrogens is 208 g/mol. The first-order valence-corrected chi connectivity index (χ1v) is 5.64. The molecule has 0 aromatic heterocycles. The van der Waals surface area contributed by atoms with E-state index in [4.69, 9.17) is 17.4 Å². The summed E-state index contributed by atoms with van der Waals surface area (Å²) in [4.78, 5) is 0. The van der Waals surface area contributed by atoms with Crippen molar-refractivity contribution in [3.05, 3.63) is 34.9 Å². The molecule has 3 heteroatoms. The summed E-state index contributed by atoms with van der Waals surface area (Å²) in [6.07, 6.45) is 1.20. The van der Waals surface area contributed by atoms with E-state index in [1.54, 1.807) is 0 Å². The zero-order chi connectivity index (χ0) is 11.1. The number of halogens is 1. The maximum Gasteiger partial charge on any atom is 0.0508 e. The van der Waals surface area contributed by atoms with E-state index in [-0.39, 0.29) is 6.04 Å². The predicted molar refractivity (Wildman–Crippen MR) is 63.4 cm³/mol. The Morgan fingerprint density at radius 1 is 1.47 bits per heavy atom. The van der Waals surface area contributed by atoms with E-state index < -0.39 is 0 Å². The van der Waals surface area contributed by atoms with Crippen molar-refractivity contribution >= 4 is 11.6 Å². The van der Waals surface area contributed by atoms with Gasteiger partial charge in [-0.05, 0) is 29.4 Å². The monoisotopic (exact) mass is 224 g/mol. The van der Waals surface area contributed by atoms with Gasteiger partial charge >= 0.3 is 0 Å². The van der Waals surface area contributed by atoms with Gasteiger partial charge in [-0.2, -0.15) is 0 Å². The molecule has 1 aromatic rings. The fourth-order valence-electron chi connectivity index (χ4n) is 2.23. The average molecular weight is 225 g/mol. The molecule has 0 radical (unpaired) electrons. The first kappa shape index (κ1) is 10.9. The van der Waals surface area contributed by atoms with Gasteiger partial charge in [0.05, 0.1) is 6.04 Å². The van der Waals surface area contributed by atoms with Gasteiger partial charge < -0.3 is 0 Å². The van der Waals surface area contributed by atoms with E-state index in [2.05, 4.69) is 19.3 Å². The van der Waals surface area contributed by atoms with Gasteiger partial charge in [0.25, 0.3) is 0 Å². The van der Waals surface area contributed by atoms with Gasteiger partial charge in [-0.1, -0.05) is 43.6 Å². The van der Waals surface area contributed by atoms with Crippen LogP contribution in [-0.2, 0) is 0 Å². The summed E-state index contributed by atoms with van der Waals surface area (Å²) in [6, 6.07) is 8.07. The van der Waals surface area contributed by atoms with Gasteiger partial charge in [0.15, 0.2) is 0 Å². The highest BCUT2D eigenvalue weighted by molar-refractivity contribution is 6.31. The molecule has 1 aliphatic rings.